The highest BCUT2D eigenvalue weighted by molar-refractivity contribution is 5.96. The summed E-state index contributed by atoms with van der Waals surface area (Å²) in [6, 6.07) is 12.8. The molecule has 0 radical (unpaired) electrons. The summed E-state index contributed by atoms with van der Waals surface area (Å²) in [4.78, 5) is 30.2. The summed E-state index contributed by atoms with van der Waals surface area (Å²) in [6.07, 6.45) is 1.13. The van der Waals surface area contributed by atoms with E-state index in [1.807, 2.05) is 29.7 Å². The van der Waals surface area contributed by atoms with E-state index in [4.69, 9.17) is 9.84 Å². The van der Waals surface area contributed by atoms with Crippen molar-refractivity contribution in [2.45, 2.75) is 25.5 Å². The van der Waals surface area contributed by atoms with Gasteiger partial charge in [-0.05, 0) is 37.1 Å². The van der Waals surface area contributed by atoms with Crippen LogP contribution in [-0.2, 0) is 11.3 Å². The first-order valence-electron chi connectivity index (χ1n) is 10.7. The van der Waals surface area contributed by atoms with Crippen molar-refractivity contribution >= 4 is 29.1 Å². The summed E-state index contributed by atoms with van der Waals surface area (Å²) in [5, 5.41) is 20.7. The molecule has 2 aromatic carbocycles. The molecule has 0 atom stereocenters. The number of likely N-dealkylation sites (N-methyl/N-ethyl adjacent to an activating group) is 1. The lowest BCUT2D eigenvalue weighted by Crippen LogP contribution is -2.49. The minimum absolute atomic E-state index is 0.0110. The maximum Gasteiger partial charge on any atom is 0.414 e. The van der Waals surface area contributed by atoms with Crippen molar-refractivity contribution < 1.29 is 19.4 Å². The van der Waals surface area contributed by atoms with E-state index in [0.717, 1.165) is 29.8 Å². The predicted octanol–water partition coefficient (Wildman–Crippen LogP) is 2.79. The van der Waals surface area contributed by atoms with Crippen LogP contribution >= 0.6 is 0 Å². The van der Waals surface area contributed by atoms with Gasteiger partial charge < -0.3 is 30.3 Å². The van der Waals surface area contributed by atoms with Crippen molar-refractivity contribution in [2.75, 3.05) is 48.6 Å². The zero-order chi connectivity index (χ0) is 22.7. The van der Waals surface area contributed by atoms with Crippen LogP contribution in [0, 0.1) is 5.21 Å². The second-order valence-corrected chi connectivity index (χ2v) is 8.06. The fourth-order valence-electron chi connectivity index (χ4n) is 4.38. The molecular formula is C23H27N4O5-. The normalized spacial score (nSPS) is 16.4. The standard InChI is InChI=1S/C23H27N4O5/c1-25(12-13-28)22(29)16-6-7-21(19(14-16)24-31)26-10-8-18(9-11-26)27-20-5-3-2-4-17(20)15-32-23(27)30/h2-7,14,18,24,28H,8-13,15H2,1H3/q-1. The third kappa shape index (κ3) is 4.21. The monoisotopic (exact) mass is 439 g/mol. The molecule has 32 heavy (non-hydrogen) atoms. The van der Waals surface area contributed by atoms with E-state index >= 15 is 0 Å². The predicted molar refractivity (Wildman–Crippen MR) is 122 cm³/mol. The smallest absolute Gasteiger partial charge is 0.414 e. The molecule has 2 N–H and O–H groups in total. The van der Waals surface area contributed by atoms with Gasteiger partial charge in [0.25, 0.3) is 5.91 Å². The maximum absolute atomic E-state index is 12.5. The largest absolute Gasteiger partial charge is 0.761 e. The average molecular weight is 439 g/mol. The lowest BCUT2D eigenvalue weighted by molar-refractivity contribution is 0.0767. The number of anilines is 3. The van der Waals surface area contributed by atoms with Crippen LogP contribution in [0.4, 0.5) is 21.9 Å². The van der Waals surface area contributed by atoms with Gasteiger partial charge in [0.15, 0.2) is 0 Å². The molecule has 0 bridgehead atoms. The van der Waals surface area contributed by atoms with Crippen molar-refractivity contribution in [3.8, 4) is 0 Å². The molecule has 2 aliphatic heterocycles. The molecular weight excluding hydrogens is 412 g/mol. The first-order chi connectivity index (χ1) is 15.5. The number of nitrogens with zero attached hydrogens (tertiary/aromatic N) is 3. The van der Waals surface area contributed by atoms with Crippen LogP contribution < -0.4 is 15.3 Å². The molecule has 2 heterocycles. The number of hydrogen-bond acceptors (Lipinski definition) is 7. The number of ether oxygens (including phenoxy) is 1. The molecule has 4 rings (SSSR count). The molecule has 1 saturated heterocycles. The third-order valence-electron chi connectivity index (χ3n) is 6.10. The Kier molecular flexibility index (Phi) is 6.48. The first kappa shape index (κ1) is 21.9. The van der Waals surface area contributed by atoms with E-state index < -0.39 is 0 Å². The zero-order valence-electron chi connectivity index (χ0n) is 18.0. The third-order valence-corrected chi connectivity index (χ3v) is 6.10. The van der Waals surface area contributed by atoms with Gasteiger partial charge >= 0.3 is 6.09 Å². The second-order valence-electron chi connectivity index (χ2n) is 8.06. The SMILES string of the molecule is CN(CCO)C(=O)c1ccc(N2CCC(N3C(=O)OCc4ccccc43)CC2)c(N[O-])c1. The maximum atomic E-state index is 12.5. The van der Waals surface area contributed by atoms with E-state index in [0.29, 0.717) is 30.9 Å². The molecule has 0 aromatic heterocycles. The minimum Gasteiger partial charge on any atom is -0.761 e. The number of aliphatic hydroxyl groups is 1. The van der Waals surface area contributed by atoms with Crippen LogP contribution in [0.1, 0.15) is 28.8 Å². The van der Waals surface area contributed by atoms with Crippen LogP contribution in [0.3, 0.4) is 0 Å². The van der Waals surface area contributed by atoms with Gasteiger partial charge in [0, 0.05) is 49.5 Å². The Morgan fingerprint density at radius 2 is 1.97 bits per heavy atom. The number of cyclic esters (lactones) is 1. The summed E-state index contributed by atoms with van der Waals surface area (Å²) in [5.74, 6) is -0.261. The number of hydrogen-bond donors (Lipinski definition) is 2. The Labute approximate surface area is 186 Å². The van der Waals surface area contributed by atoms with Gasteiger partial charge in [0.1, 0.15) is 6.61 Å². The van der Waals surface area contributed by atoms with Crippen LogP contribution in [0.25, 0.3) is 0 Å². The molecule has 170 valence electrons. The molecule has 0 aliphatic carbocycles. The van der Waals surface area contributed by atoms with Crippen molar-refractivity contribution in [3.63, 3.8) is 0 Å². The van der Waals surface area contributed by atoms with Gasteiger partial charge in [-0.1, -0.05) is 18.2 Å². The van der Waals surface area contributed by atoms with Gasteiger partial charge in [0.2, 0.25) is 0 Å². The van der Waals surface area contributed by atoms with Crippen molar-refractivity contribution in [2.24, 2.45) is 0 Å². The molecule has 1 fully saturated rings. The highest BCUT2D eigenvalue weighted by Crippen LogP contribution is 2.34. The van der Waals surface area contributed by atoms with E-state index in [1.165, 1.54) is 4.90 Å². The molecule has 9 nitrogen and oxygen atoms in total. The summed E-state index contributed by atoms with van der Waals surface area (Å²) < 4.78 is 5.36. The fraction of sp³-hybridized carbons (Fsp3) is 0.391. The van der Waals surface area contributed by atoms with Gasteiger partial charge in [-0.2, -0.15) is 0 Å². The first-order valence-corrected chi connectivity index (χ1v) is 10.7. The van der Waals surface area contributed by atoms with Gasteiger partial charge in [-0.15, -0.1) is 0 Å². The number of amides is 2. The minimum atomic E-state index is -0.320. The summed E-state index contributed by atoms with van der Waals surface area (Å²) in [7, 11) is 1.60. The topological polar surface area (TPSA) is 108 Å². The highest BCUT2D eigenvalue weighted by atomic mass is 16.6. The van der Waals surface area contributed by atoms with Crippen LogP contribution in [0.2, 0.25) is 0 Å². The molecule has 0 spiro atoms. The van der Waals surface area contributed by atoms with E-state index in [2.05, 4.69) is 4.90 Å². The molecule has 2 amide bonds. The van der Waals surface area contributed by atoms with Crippen LogP contribution in [0.15, 0.2) is 42.5 Å². The molecule has 9 heteroatoms. The Morgan fingerprint density at radius 3 is 2.69 bits per heavy atom. The quantitative estimate of drug-likeness (QED) is 0.666. The second kappa shape index (κ2) is 9.46. The number of carbonyl (C=O) groups is 2. The number of rotatable bonds is 6. The van der Waals surface area contributed by atoms with Crippen LogP contribution in [0.5, 0.6) is 0 Å². The highest BCUT2D eigenvalue weighted by Gasteiger charge is 2.34. The number of piperidine rings is 1. The molecule has 2 aromatic rings. The van der Waals surface area contributed by atoms with Gasteiger partial charge in [-0.3, -0.25) is 9.69 Å². The number of fused-ring (bicyclic) bond motifs is 1. The molecule has 2 aliphatic rings. The zero-order valence-corrected chi connectivity index (χ0v) is 18.0. The Bertz CT molecular complexity index is 990. The molecule has 0 unspecified atom stereocenters. The van der Waals surface area contributed by atoms with Crippen molar-refractivity contribution in [1.29, 1.82) is 0 Å². The number of benzene rings is 2. The number of aliphatic hydroxyl groups excluding tert-OH is 1. The number of carbonyl (C=O) groups excluding carboxylic acids is 2. The molecule has 0 saturated carbocycles. The van der Waals surface area contributed by atoms with E-state index in [9.17, 15) is 14.8 Å². The van der Waals surface area contributed by atoms with Gasteiger partial charge in [0.05, 0.1) is 18.0 Å². The summed E-state index contributed by atoms with van der Waals surface area (Å²) >= 11 is 0. The summed E-state index contributed by atoms with van der Waals surface area (Å²) in [5.41, 5.74) is 5.29. The summed E-state index contributed by atoms with van der Waals surface area (Å²) in [6.45, 7) is 1.70. The average Bonchev–Trinajstić information content (AvgIpc) is 2.83. The van der Waals surface area contributed by atoms with Crippen molar-refractivity contribution in [3.05, 3.63) is 58.8 Å². The lowest BCUT2D eigenvalue weighted by atomic mass is 9.99. The van der Waals surface area contributed by atoms with Crippen molar-refractivity contribution in [1.82, 2.24) is 4.90 Å². The Balaban J connectivity index is 1.48. The Hall–Kier alpha value is -3.30. The Morgan fingerprint density at radius 1 is 1.22 bits per heavy atom. The fourth-order valence-corrected chi connectivity index (χ4v) is 4.38. The van der Waals surface area contributed by atoms with E-state index in [1.54, 1.807) is 30.1 Å². The van der Waals surface area contributed by atoms with E-state index in [-0.39, 0.29) is 31.2 Å². The van der Waals surface area contributed by atoms with Crippen LogP contribution in [-0.4, -0.2) is 61.3 Å². The van der Waals surface area contributed by atoms with Gasteiger partial charge in [-0.25, -0.2) is 4.79 Å². The number of para-hydroxylation sites is 1. The lowest BCUT2D eigenvalue weighted by Gasteiger charge is -2.41. The number of nitrogens with one attached hydrogen (secondary N) is 1.